The average Bonchev–Trinajstić information content (AvgIpc) is 2.63. The van der Waals surface area contributed by atoms with Crippen molar-refractivity contribution in [3.05, 3.63) is 23.7 Å². The van der Waals surface area contributed by atoms with Gasteiger partial charge in [-0.25, -0.2) is 0 Å². The third kappa shape index (κ3) is 3.97. The summed E-state index contributed by atoms with van der Waals surface area (Å²) in [6.07, 6.45) is 6.42. The van der Waals surface area contributed by atoms with Gasteiger partial charge in [0.1, 0.15) is 11.5 Å². The van der Waals surface area contributed by atoms with E-state index in [0.29, 0.717) is 0 Å². The molecule has 1 N–H and O–H groups in total. The standard InChI is InChI=1S/C12H20O2/c1-2-3-4-6-11-8-9-12(14-11)7-5-10-13/h8-9,13H,2-7,10H2,1H3. The molecule has 0 saturated heterocycles. The topological polar surface area (TPSA) is 33.4 Å². The molecule has 0 atom stereocenters. The number of aliphatic hydroxyl groups is 1. The molecule has 1 heterocycles. The molecule has 0 unspecified atom stereocenters. The number of rotatable bonds is 7. The van der Waals surface area contributed by atoms with Crippen LogP contribution in [-0.2, 0) is 12.8 Å². The predicted octanol–water partition coefficient (Wildman–Crippen LogP) is 2.94. The molecule has 0 aromatic carbocycles. The Kier molecular flexibility index (Phi) is 5.38. The van der Waals surface area contributed by atoms with Crippen LogP contribution in [0.15, 0.2) is 16.5 Å². The van der Waals surface area contributed by atoms with E-state index in [1.54, 1.807) is 0 Å². The van der Waals surface area contributed by atoms with E-state index in [1.807, 2.05) is 6.07 Å². The molecule has 0 aliphatic carbocycles. The van der Waals surface area contributed by atoms with Gasteiger partial charge in [-0.2, -0.15) is 0 Å². The summed E-state index contributed by atoms with van der Waals surface area (Å²) in [4.78, 5) is 0. The summed E-state index contributed by atoms with van der Waals surface area (Å²) in [5.41, 5.74) is 0. The van der Waals surface area contributed by atoms with Crippen LogP contribution in [0.1, 0.15) is 44.1 Å². The van der Waals surface area contributed by atoms with E-state index in [9.17, 15) is 0 Å². The Bertz CT molecular complexity index is 240. The van der Waals surface area contributed by atoms with Crippen LogP contribution in [0.3, 0.4) is 0 Å². The Hall–Kier alpha value is -0.760. The van der Waals surface area contributed by atoms with Gasteiger partial charge in [0.25, 0.3) is 0 Å². The Morgan fingerprint density at radius 3 is 2.29 bits per heavy atom. The van der Waals surface area contributed by atoms with Gasteiger partial charge in [-0.1, -0.05) is 19.8 Å². The quantitative estimate of drug-likeness (QED) is 0.680. The number of hydrogen-bond donors (Lipinski definition) is 1. The second-order valence-corrected chi connectivity index (χ2v) is 3.65. The number of aliphatic hydroxyl groups excluding tert-OH is 1. The molecule has 1 aromatic heterocycles. The number of aryl methyl sites for hydroxylation is 2. The average molecular weight is 196 g/mol. The minimum Gasteiger partial charge on any atom is -0.466 e. The van der Waals surface area contributed by atoms with Crippen molar-refractivity contribution < 1.29 is 9.52 Å². The molecule has 80 valence electrons. The lowest BCUT2D eigenvalue weighted by Gasteiger charge is -1.96. The molecule has 0 aliphatic rings. The van der Waals surface area contributed by atoms with Gasteiger partial charge in [0.05, 0.1) is 0 Å². The summed E-state index contributed by atoms with van der Waals surface area (Å²) in [6, 6.07) is 4.08. The fourth-order valence-corrected chi connectivity index (χ4v) is 1.49. The van der Waals surface area contributed by atoms with Crippen molar-refractivity contribution in [1.29, 1.82) is 0 Å². The van der Waals surface area contributed by atoms with Crippen LogP contribution in [0.4, 0.5) is 0 Å². The van der Waals surface area contributed by atoms with E-state index < -0.39 is 0 Å². The third-order valence-corrected chi connectivity index (χ3v) is 2.33. The molecule has 1 rings (SSSR count). The monoisotopic (exact) mass is 196 g/mol. The molecule has 0 bridgehead atoms. The zero-order valence-electron chi connectivity index (χ0n) is 8.96. The van der Waals surface area contributed by atoms with Crippen molar-refractivity contribution in [2.24, 2.45) is 0 Å². The molecule has 0 amide bonds. The second kappa shape index (κ2) is 6.66. The van der Waals surface area contributed by atoms with Crippen molar-refractivity contribution in [2.45, 2.75) is 45.4 Å². The van der Waals surface area contributed by atoms with Crippen molar-refractivity contribution in [2.75, 3.05) is 6.61 Å². The normalized spacial score (nSPS) is 10.7. The van der Waals surface area contributed by atoms with Crippen molar-refractivity contribution >= 4 is 0 Å². The van der Waals surface area contributed by atoms with Crippen LogP contribution >= 0.6 is 0 Å². The highest BCUT2D eigenvalue weighted by atomic mass is 16.3. The zero-order valence-corrected chi connectivity index (χ0v) is 8.96. The van der Waals surface area contributed by atoms with Crippen molar-refractivity contribution in [1.82, 2.24) is 0 Å². The molecule has 0 fully saturated rings. The largest absolute Gasteiger partial charge is 0.466 e. The van der Waals surface area contributed by atoms with Gasteiger partial charge in [-0.15, -0.1) is 0 Å². The summed E-state index contributed by atoms with van der Waals surface area (Å²) in [7, 11) is 0. The van der Waals surface area contributed by atoms with E-state index in [0.717, 1.165) is 30.8 Å². The molecule has 2 heteroatoms. The molecule has 0 aliphatic heterocycles. The van der Waals surface area contributed by atoms with Crippen LogP contribution in [0.5, 0.6) is 0 Å². The minimum absolute atomic E-state index is 0.242. The lowest BCUT2D eigenvalue weighted by atomic mass is 10.2. The molecule has 0 saturated carbocycles. The highest BCUT2D eigenvalue weighted by molar-refractivity contribution is 5.07. The SMILES string of the molecule is CCCCCc1ccc(CCCO)o1. The highest BCUT2D eigenvalue weighted by Crippen LogP contribution is 2.12. The number of unbranched alkanes of at least 4 members (excludes halogenated alkanes) is 2. The number of furan rings is 1. The van der Waals surface area contributed by atoms with Crippen LogP contribution in [0, 0.1) is 0 Å². The lowest BCUT2D eigenvalue weighted by molar-refractivity contribution is 0.283. The molecule has 1 aromatic rings. The Balaban J connectivity index is 2.27. The third-order valence-electron chi connectivity index (χ3n) is 2.33. The van der Waals surface area contributed by atoms with Gasteiger partial charge >= 0.3 is 0 Å². The number of hydrogen-bond acceptors (Lipinski definition) is 2. The minimum atomic E-state index is 0.242. The fourth-order valence-electron chi connectivity index (χ4n) is 1.49. The first kappa shape index (κ1) is 11.3. The molecule has 2 nitrogen and oxygen atoms in total. The van der Waals surface area contributed by atoms with Crippen LogP contribution in [0.2, 0.25) is 0 Å². The summed E-state index contributed by atoms with van der Waals surface area (Å²) in [6.45, 7) is 2.45. The van der Waals surface area contributed by atoms with Gasteiger partial charge in [0.2, 0.25) is 0 Å². The Morgan fingerprint density at radius 1 is 1.07 bits per heavy atom. The fraction of sp³-hybridized carbons (Fsp3) is 0.667. The van der Waals surface area contributed by atoms with Crippen LogP contribution in [0.25, 0.3) is 0 Å². The predicted molar refractivity (Wildman–Crippen MR) is 57.3 cm³/mol. The summed E-state index contributed by atoms with van der Waals surface area (Å²) in [5, 5.41) is 8.67. The van der Waals surface area contributed by atoms with Crippen molar-refractivity contribution in [3.63, 3.8) is 0 Å². The maximum absolute atomic E-state index is 8.67. The van der Waals surface area contributed by atoms with E-state index in [2.05, 4.69) is 13.0 Å². The van der Waals surface area contributed by atoms with E-state index in [1.165, 1.54) is 19.3 Å². The molecule has 0 radical (unpaired) electrons. The maximum Gasteiger partial charge on any atom is 0.104 e. The summed E-state index contributed by atoms with van der Waals surface area (Å²) in [5.74, 6) is 2.09. The summed E-state index contributed by atoms with van der Waals surface area (Å²) < 4.78 is 5.62. The van der Waals surface area contributed by atoms with E-state index in [4.69, 9.17) is 9.52 Å². The smallest absolute Gasteiger partial charge is 0.104 e. The van der Waals surface area contributed by atoms with Gasteiger partial charge in [-0.3, -0.25) is 0 Å². The van der Waals surface area contributed by atoms with Crippen LogP contribution < -0.4 is 0 Å². The lowest BCUT2D eigenvalue weighted by Crippen LogP contribution is -1.86. The Morgan fingerprint density at radius 2 is 1.71 bits per heavy atom. The zero-order chi connectivity index (χ0) is 10.2. The second-order valence-electron chi connectivity index (χ2n) is 3.65. The van der Waals surface area contributed by atoms with E-state index >= 15 is 0 Å². The molecular formula is C12H20O2. The first-order valence-corrected chi connectivity index (χ1v) is 5.55. The summed E-state index contributed by atoms with van der Waals surface area (Å²) >= 11 is 0. The van der Waals surface area contributed by atoms with Gasteiger partial charge < -0.3 is 9.52 Å². The highest BCUT2D eigenvalue weighted by Gasteiger charge is 2.01. The van der Waals surface area contributed by atoms with Gasteiger partial charge in [0.15, 0.2) is 0 Å². The van der Waals surface area contributed by atoms with Gasteiger partial charge in [-0.05, 0) is 25.0 Å². The molecule has 14 heavy (non-hydrogen) atoms. The first-order chi connectivity index (χ1) is 6.86. The molecular weight excluding hydrogens is 176 g/mol. The molecule has 0 spiro atoms. The van der Waals surface area contributed by atoms with Crippen LogP contribution in [-0.4, -0.2) is 11.7 Å². The van der Waals surface area contributed by atoms with E-state index in [-0.39, 0.29) is 6.61 Å². The Labute approximate surface area is 85.9 Å². The van der Waals surface area contributed by atoms with Gasteiger partial charge in [0, 0.05) is 19.4 Å². The van der Waals surface area contributed by atoms with Crippen molar-refractivity contribution in [3.8, 4) is 0 Å². The first-order valence-electron chi connectivity index (χ1n) is 5.55. The maximum atomic E-state index is 8.67.